The van der Waals surface area contributed by atoms with Crippen LogP contribution in [0.1, 0.15) is 12.5 Å². The average Bonchev–Trinajstić information content (AvgIpc) is 2.31. The second-order valence-electron chi connectivity index (χ2n) is 4.11. The van der Waals surface area contributed by atoms with Crippen LogP contribution < -0.4 is 10.6 Å². The number of aryl methyl sites for hydroxylation is 1. The number of hydrogen-bond donors (Lipinski definition) is 2. The minimum Gasteiger partial charge on any atom is -0.354 e. The maximum atomic E-state index is 10.9. The zero-order valence-electron chi connectivity index (χ0n) is 10.4. The first kappa shape index (κ1) is 12.1. The molecule has 0 saturated heterocycles. The Morgan fingerprint density at radius 2 is 2.00 bits per heavy atom. The Bertz CT molecular complexity index is 549. The first-order chi connectivity index (χ1) is 8.63. The highest BCUT2D eigenvalue weighted by Crippen LogP contribution is 2.17. The second-order valence-corrected chi connectivity index (χ2v) is 4.11. The average molecular weight is 241 g/mol. The first-order valence-electron chi connectivity index (χ1n) is 5.71. The van der Waals surface area contributed by atoms with Crippen molar-refractivity contribution in [2.24, 2.45) is 0 Å². The summed E-state index contributed by atoms with van der Waals surface area (Å²) in [6, 6.07) is 11.7. The number of carbonyl (C=O) groups excluding carboxylic acids is 1. The fraction of sp³-hybridized carbons (Fsp3) is 0.143. The topological polar surface area (TPSA) is 54.0 Å². The van der Waals surface area contributed by atoms with E-state index in [-0.39, 0.29) is 5.91 Å². The molecule has 2 rings (SSSR count). The highest BCUT2D eigenvalue weighted by molar-refractivity contribution is 5.87. The van der Waals surface area contributed by atoms with Gasteiger partial charge in [-0.25, -0.2) is 4.98 Å². The smallest absolute Gasteiger partial charge is 0.222 e. The normalized spacial score (nSPS) is 9.89. The quantitative estimate of drug-likeness (QED) is 0.868. The van der Waals surface area contributed by atoms with Crippen molar-refractivity contribution in [2.45, 2.75) is 13.8 Å². The largest absolute Gasteiger partial charge is 0.354 e. The Balaban J connectivity index is 2.08. The van der Waals surface area contributed by atoms with Gasteiger partial charge in [0.05, 0.1) is 11.9 Å². The number of anilines is 3. The number of nitrogens with zero attached hydrogens (tertiary/aromatic N) is 1. The summed E-state index contributed by atoms with van der Waals surface area (Å²) in [6.45, 7) is 3.50. The van der Waals surface area contributed by atoms with E-state index in [1.807, 2.05) is 31.2 Å². The van der Waals surface area contributed by atoms with Gasteiger partial charge in [-0.15, -0.1) is 0 Å². The first-order valence-corrected chi connectivity index (χ1v) is 5.71. The molecule has 0 spiro atoms. The van der Waals surface area contributed by atoms with Crippen molar-refractivity contribution in [1.82, 2.24) is 4.98 Å². The molecular weight excluding hydrogens is 226 g/mol. The van der Waals surface area contributed by atoms with E-state index < -0.39 is 0 Å². The molecule has 1 amide bonds. The Labute approximate surface area is 106 Å². The Morgan fingerprint density at radius 1 is 1.17 bits per heavy atom. The SMILES string of the molecule is CC(=O)Nc1ccc(Nc2cccc(C)c2)cn1. The van der Waals surface area contributed by atoms with Gasteiger partial charge in [-0.1, -0.05) is 12.1 Å². The van der Waals surface area contributed by atoms with E-state index >= 15 is 0 Å². The van der Waals surface area contributed by atoms with Crippen molar-refractivity contribution in [3.8, 4) is 0 Å². The molecule has 18 heavy (non-hydrogen) atoms. The Hall–Kier alpha value is -2.36. The van der Waals surface area contributed by atoms with Gasteiger partial charge in [0.2, 0.25) is 5.91 Å². The lowest BCUT2D eigenvalue weighted by Gasteiger charge is -2.07. The molecule has 0 radical (unpaired) electrons. The molecule has 2 aromatic rings. The van der Waals surface area contributed by atoms with Gasteiger partial charge in [0.25, 0.3) is 0 Å². The summed E-state index contributed by atoms with van der Waals surface area (Å²) >= 11 is 0. The van der Waals surface area contributed by atoms with E-state index in [1.54, 1.807) is 12.3 Å². The van der Waals surface area contributed by atoms with E-state index in [0.29, 0.717) is 5.82 Å². The number of hydrogen-bond acceptors (Lipinski definition) is 3. The van der Waals surface area contributed by atoms with Crippen LogP contribution in [0.15, 0.2) is 42.6 Å². The molecule has 0 fully saturated rings. The van der Waals surface area contributed by atoms with Crippen LogP contribution in [0.5, 0.6) is 0 Å². The van der Waals surface area contributed by atoms with Crippen LogP contribution in [-0.4, -0.2) is 10.9 Å². The van der Waals surface area contributed by atoms with Crippen LogP contribution in [0, 0.1) is 6.92 Å². The van der Waals surface area contributed by atoms with Crippen molar-refractivity contribution in [3.63, 3.8) is 0 Å². The molecule has 0 bridgehead atoms. The van der Waals surface area contributed by atoms with Crippen LogP contribution in [-0.2, 0) is 4.79 Å². The van der Waals surface area contributed by atoms with E-state index in [1.165, 1.54) is 12.5 Å². The summed E-state index contributed by atoms with van der Waals surface area (Å²) < 4.78 is 0. The molecule has 4 heteroatoms. The third-order valence-electron chi connectivity index (χ3n) is 2.37. The van der Waals surface area contributed by atoms with Gasteiger partial charge in [-0.2, -0.15) is 0 Å². The lowest BCUT2D eigenvalue weighted by molar-refractivity contribution is -0.114. The molecule has 0 aliphatic heterocycles. The van der Waals surface area contributed by atoms with E-state index in [9.17, 15) is 4.79 Å². The third kappa shape index (κ3) is 3.31. The standard InChI is InChI=1S/C14H15N3O/c1-10-4-3-5-12(8-10)17-13-6-7-14(15-9-13)16-11(2)18/h3-9,17H,1-2H3,(H,15,16,18). The number of benzene rings is 1. The maximum Gasteiger partial charge on any atom is 0.222 e. The van der Waals surface area contributed by atoms with Crippen LogP contribution >= 0.6 is 0 Å². The molecule has 0 aliphatic carbocycles. The minimum absolute atomic E-state index is 0.123. The lowest BCUT2D eigenvalue weighted by Crippen LogP contribution is -2.07. The summed E-state index contributed by atoms with van der Waals surface area (Å²) in [4.78, 5) is 15.0. The van der Waals surface area contributed by atoms with Gasteiger partial charge in [-0.05, 0) is 36.8 Å². The van der Waals surface area contributed by atoms with Crippen molar-refractivity contribution in [1.29, 1.82) is 0 Å². The van der Waals surface area contributed by atoms with Crippen molar-refractivity contribution < 1.29 is 4.79 Å². The van der Waals surface area contributed by atoms with Crippen LogP contribution in [0.4, 0.5) is 17.2 Å². The van der Waals surface area contributed by atoms with E-state index in [2.05, 4.69) is 21.7 Å². The number of aromatic nitrogens is 1. The molecule has 0 atom stereocenters. The van der Waals surface area contributed by atoms with Crippen molar-refractivity contribution in [2.75, 3.05) is 10.6 Å². The molecule has 1 heterocycles. The number of nitrogens with one attached hydrogen (secondary N) is 2. The molecule has 0 unspecified atom stereocenters. The molecule has 4 nitrogen and oxygen atoms in total. The van der Waals surface area contributed by atoms with Crippen molar-refractivity contribution in [3.05, 3.63) is 48.2 Å². The predicted octanol–water partition coefficient (Wildman–Crippen LogP) is 3.09. The zero-order chi connectivity index (χ0) is 13.0. The fourth-order valence-corrected chi connectivity index (χ4v) is 1.61. The summed E-state index contributed by atoms with van der Waals surface area (Å²) in [5, 5.41) is 5.88. The molecular formula is C14H15N3O. The van der Waals surface area contributed by atoms with E-state index in [0.717, 1.165) is 11.4 Å². The van der Waals surface area contributed by atoms with Crippen LogP contribution in [0.3, 0.4) is 0 Å². The molecule has 92 valence electrons. The van der Waals surface area contributed by atoms with Crippen LogP contribution in [0.25, 0.3) is 0 Å². The molecule has 0 aliphatic rings. The number of carbonyl (C=O) groups is 1. The maximum absolute atomic E-state index is 10.9. The van der Waals surface area contributed by atoms with Gasteiger partial charge in [-0.3, -0.25) is 4.79 Å². The summed E-state index contributed by atoms with van der Waals surface area (Å²) in [5.41, 5.74) is 3.10. The van der Waals surface area contributed by atoms with E-state index in [4.69, 9.17) is 0 Å². The number of amides is 1. The van der Waals surface area contributed by atoms with Crippen LogP contribution in [0.2, 0.25) is 0 Å². The highest BCUT2D eigenvalue weighted by atomic mass is 16.1. The Morgan fingerprint density at radius 3 is 2.61 bits per heavy atom. The molecule has 2 N–H and O–H groups in total. The van der Waals surface area contributed by atoms with Gasteiger partial charge in [0, 0.05) is 12.6 Å². The molecule has 0 saturated carbocycles. The number of rotatable bonds is 3. The Kier molecular flexibility index (Phi) is 3.57. The number of pyridine rings is 1. The summed E-state index contributed by atoms with van der Waals surface area (Å²) in [6.07, 6.45) is 1.69. The fourth-order valence-electron chi connectivity index (χ4n) is 1.61. The van der Waals surface area contributed by atoms with Gasteiger partial charge in [0.1, 0.15) is 5.82 Å². The van der Waals surface area contributed by atoms with Gasteiger partial charge in [0.15, 0.2) is 0 Å². The second kappa shape index (κ2) is 5.31. The van der Waals surface area contributed by atoms with Gasteiger partial charge < -0.3 is 10.6 Å². The predicted molar refractivity (Wildman–Crippen MR) is 73.0 cm³/mol. The van der Waals surface area contributed by atoms with Crippen molar-refractivity contribution >= 4 is 23.1 Å². The lowest BCUT2D eigenvalue weighted by atomic mass is 10.2. The molecule has 1 aromatic heterocycles. The van der Waals surface area contributed by atoms with Gasteiger partial charge >= 0.3 is 0 Å². The highest BCUT2D eigenvalue weighted by Gasteiger charge is 1.98. The summed E-state index contributed by atoms with van der Waals surface area (Å²) in [7, 11) is 0. The monoisotopic (exact) mass is 241 g/mol. The summed E-state index contributed by atoms with van der Waals surface area (Å²) in [5.74, 6) is 0.430. The minimum atomic E-state index is -0.123. The zero-order valence-corrected chi connectivity index (χ0v) is 10.4. The third-order valence-corrected chi connectivity index (χ3v) is 2.37. The molecule has 1 aromatic carbocycles.